The van der Waals surface area contributed by atoms with Gasteiger partial charge in [0.1, 0.15) is 24.7 Å². The SMILES string of the molecule is CCc1cccc(COc2ccccc2CN2CCN(C(=O)CNC(=O)CC34CC5CC(CC(C5)C3)C4)CC2)c1.Cc1ccc(COc2ccccc2CN2CCN(C(=O)CNC(=O)CC34CC5CC(CC(C5)C3)C4)CC2)cc1. The molecule has 2 N–H and O–H groups in total. The van der Waals surface area contributed by atoms with Crippen LogP contribution >= 0.6 is 0 Å². The second-order valence-electron chi connectivity index (χ2n) is 26.0. The maximum atomic E-state index is 12.9. The molecule has 422 valence electrons. The Morgan fingerprint density at radius 3 is 1.29 bits per heavy atom. The van der Waals surface area contributed by atoms with Crippen molar-refractivity contribution in [1.29, 1.82) is 0 Å². The first-order chi connectivity index (χ1) is 38.4. The lowest BCUT2D eigenvalue weighted by Crippen LogP contribution is -2.51. The van der Waals surface area contributed by atoms with Crippen molar-refractivity contribution in [1.82, 2.24) is 30.2 Å². The first-order valence-electron chi connectivity index (χ1n) is 30.5. The molecule has 4 aromatic carbocycles. The summed E-state index contributed by atoms with van der Waals surface area (Å²) >= 11 is 0. The second kappa shape index (κ2) is 25.0. The van der Waals surface area contributed by atoms with Gasteiger partial charge < -0.3 is 29.9 Å². The van der Waals surface area contributed by atoms with Gasteiger partial charge in [-0.1, -0.05) is 97.4 Å². The molecule has 12 heteroatoms. The molecule has 0 unspecified atom stereocenters. The topological polar surface area (TPSA) is 124 Å². The molecule has 10 fully saturated rings. The lowest BCUT2D eigenvalue weighted by atomic mass is 9.49. The molecule has 79 heavy (non-hydrogen) atoms. The normalized spacial score (nSPS) is 27.7. The standard InChI is InChI=1S/C34H45N3O3.C33H43N3O3/c1-2-25-6-5-7-26(14-25)24-40-31-9-4-3-8-30(31)23-36-10-12-37(13-11-36)33(39)22-35-32(38)21-34-18-27-15-28(19-34)17-29(16-27)20-34;1-24-6-8-25(9-7-24)23-39-30-5-3-2-4-29(30)22-35-10-12-36(13-11-35)32(38)21-34-31(37)20-33-17-26-14-27(18-33)16-28(15-26)19-33/h3-9,14,27-29H,2,10-13,15-24H2,1H3,(H,35,38);2-9,26-28H,10-23H2,1H3,(H,34,37). The number of amides is 4. The molecule has 2 heterocycles. The van der Waals surface area contributed by atoms with E-state index >= 15 is 0 Å². The number of para-hydroxylation sites is 2. The highest BCUT2D eigenvalue weighted by atomic mass is 16.5. The number of hydrogen-bond donors (Lipinski definition) is 2. The number of carbonyl (C=O) groups is 4. The third-order valence-electron chi connectivity index (χ3n) is 19.8. The molecular weight excluding hydrogens is 985 g/mol. The molecule has 2 aliphatic heterocycles. The summed E-state index contributed by atoms with van der Waals surface area (Å²) in [5.74, 6) is 7.11. The van der Waals surface area contributed by atoms with Gasteiger partial charge in [0.05, 0.1) is 13.1 Å². The van der Waals surface area contributed by atoms with Gasteiger partial charge >= 0.3 is 0 Å². The number of benzene rings is 4. The number of rotatable bonds is 19. The van der Waals surface area contributed by atoms with E-state index in [1.165, 1.54) is 105 Å². The summed E-state index contributed by atoms with van der Waals surface area (Å²) in [5, 5.41) is 5.97. The largest absolute Gasteiger partial charge is 0.489 e. The van der Waals surface area contributed by atoms with Crippen LogP contribution in [0, 0.1) is 53.3 Å². The van der Waals surface area contributed by atoms with Gasteiger partial charge in [-0.2, -0.15) is 0 Å². The van der Waals surface area contributed by atoms with Gasteiger partial charge in [0.2, 0.25) is 23.6 Å². The fraction of sp³-hybridized carbons (Fsp3) is 0.582. The van der Waals surface area contributed by atoms with E-state index in [1.54, 1.807) is 0 Å². The minimum absolute atomic E-state index is 0.0374. The Bertz CT molecular complexity index is 2670. The summed E-state index contributed by atoms with van der Waals surface area (Å²) in [6, 6.07) is 33.5. The quantitative estimate of drug-likeness (QED) is 0.0952. The Kier molecular flexibility index (Phi) is 17.4. The van der Waals surface area contributed by atoms with Crippen molar-refractivity contribution in [3.63, 3.8) is 0 Å². The van der Waals surface area contributed by atoms with E-state index in [1.807, 2.05) is 34.1 Å². The molecule has 12 nitrogen and oxygen atoms in total. The highest BCUT2D eigenvalue weighted by Crippen LogP contribution is 2.62. The predicted octanol–water partition coefficient (Wildman–Crippen LogP) is 10.1. The first kappa shape index (κ1) is 55.2. The Labute approximate surface area is 470 Å². The minimum Gasteiger partial charge on any atom is -0.489 e. The van der Waals surface area contributed by atoms with Crippen LogP contribution in [0.1, 0.15) is 130 Å². The van der Waals surface area contributed by atoms with Crippen molar-refractivity contribution < 1.29 is 28.7 Å². The van der Waals surface area contributed by atoms with E-state index < -0.39 is 0 Å². The van der Waals surface area contributed by atoms with E-state index in [-0.39, 0.29) is 47.5 Å². The van der Waals surface area contributed by atoms with Crippen molar-refractivity contribution in [2.45, 2.75) is 136 Å². The second-order valence-corrected chi connectivity index (χ2v) is 26.0. The summed E-state index contributed by atoms with van der Waals surface area (Å²) in [7, 11) is 0. The number of hydrogen-bond acceptors (Lipinski definition) is 8. The summed E-state index contributed by atoms with van der Waals surface area (Å²) < 4.78 is 12.4. The zero-order valence-electron chi connectivity index (χ0n) is 47.4. The Morgan fingerprint density at radius 2 is 0.873 bits per heavy atom. The van der Waals surface area contributed by atoms with Crippen molar-refractivity contribution in [3.05, 3.63) is 130 Å². The lowest BCUT2D eigenvalue weighted by Gasteiger charge is -2.56. The smallest absolute Gasteiger partial charge is 0.242 e. The summed E-state index contributed by atoms with van der Waals surface area (Å²) in [6.45, 7) is 13.3. The highest BCUT2D eigenvalue weighted by molar-refractivity contribution is 5.86. The van der Waals surface area contributed by atoms with E-state index in [0.29, 0.717) is 52.2 Å². The third-order valence-corrected chi connectivity index (χ3v) is 19.8. The first-order valence-corrected chi connectivity index (χ1v) is 30.5. The number of carbonyl (C=O) groups excluding carboxylic acids is 4. The molecule has 8 bridgehead atoms. The average molecular weight is 1070 g/mol. The molecule has 2 saturated heterocycles. The van der Waals surface area contributed by atoms with Gasteiger partial charge in [-0.25, -0.2) is 0 Å². The number of piperazine rings is 2. The molecule has 4 amide bonds. The van der Waals surface area contributed by atoms with Crippen molar-refractivity contribution in [2.24, 2.45) is 46.3 Å². The zero-order valence-corrected chi connectivity index (χ0v) is 47.4. The maximum Gasteiger partial charge on any atom is 0.242 e. The molecule has 8 aliphatic carbocycles. The zero-order chi connectivity index (χ0) is 54.3. The van der Waals surface area contributed by atoms with E-state index in [9.17, 15) is 19.2 Å². The molecule has 4 aromatic rings. The number of nitrogens with zero attached hydrogens (tertiary/aromatic N) is 4. The summed E-state index contributed by atoms with van der Waals surface area (Å²) in [5.41, 5.74) is 7.69. The summed E-state index contributed by atoms with van der Waals surface area (Å²) in [6.07, 6.45) is 17.9. The van der Waals surface area contributed by atoms with E-state index in [0.717, 1.165) is 98.3 Å². The van der Waals surface area contributed by atoms with Gasteiger partial charge in [-0.15, -0.1) is 0 Å². The van der Waals surface area contributed by atoms with Gasteiger partial charge in [0, 0.05) is 89.4 Å². The molecular formula is C67H88N6O6. The van der Waals surface area contributed by atoms with Crippen molar-refractivity contribution in [3.8, 4) is 11.5 Å². The molecule has 8 saturated carbocycles. The van der Waals surface area contributed by atoms with E-state index in [2.05, 4.69) is 107 Å². The van der Waals surface area contributed by atoms with Crippen LogP contribution < -0.4 is 20.1 Å². The van der Waals surface area contributed by atoms with Crippen LogP contribution in [0.3, 0.4) is 0 Å². The van der Waals surface area contributed by atoms with Crippen LogP contribution in [0.5, 0.6) is 11.5 Å². The molecule has 0 aromatic heterocycles. The Hall–Kier alpha value is -5.72. The van der Waals surface area contributed by atoms with Crippen LogP contribution in [0.25, 0.3) is 0 Å². The van der Waals surface area contributed by atoms with Crippen LogP contribution in [-0.2, 0) is 51.9 Å². The Balaban J connectivity index is 0.000000167. The fourth-order valence-corrected chi connectivity index (χ4v) is 16.7. The van der Waals surface area contributed by atoms with E-state index in [4.69, 9.17) is 9.47 Å². The molecule has 10 aliphatic rings. The molecule has 0 spiro atoms. The monoisotopic (exact) mass is 1070 g/mol. The molecule has 14 rings (SSSR count). The van der Waals surface area contributed by atoms with Crippen molar-refractivity contribution in [2.75, 3.05) is 65.4 Å². The van der Waals surface area contributed by atoms with Gasteiger partial charge in [-0.3, -0.25) is 29.0 Å². The third kappa shape index (κ3) is 14.3. The van der Waals surface area contributed by atoms with Crippen LogP contribution in [0.4, 0.5) is 0 Å². The van der Waals surface area contributed by atoms with Crippen LogP contribution in [0.15, 0.2) is 97.1 Å². The van der Waals surface area contributed by atoms with Gasteiger partial charge in [-0.05, 0) is 166 Å². The average Bonchev–Trinajstić information content (AvgIpc) is 3.54. The fourth-order valence-electron chi connectivity index (χ4n) is 16.7. The predicted molar refractivity (Wildman–Crippen MR) is 309 cm³/mol. The van der Waals surface area contributed by atoms with Crippen LogP contribution in [0.2, 0.25) is 0 Å². The van der Waals surface area contributed by atoms with Gasteiger partial charge in [0.25, 0.3) is 0 Å². The number of aryl methyl sites for hydroxylation is 2. The maximum absolute atomic E-state index is 12.9. The number of ether oxygens (including phenoxy) is 2. The highest BCUT2D eigenvalue weighted by Gasteiger charge is 2.53. The minimum atomic E-state index is 0.0374. The number of nitrogens with one attached hydrogen (secondary N) is 2. The van der Waals surface area contributed by atoms with Crippen LogP contribution in [-0.4, -0.2) is 109 Å². The van der Waals surface area contributed by atoms with Crippen molar-refractivity contribution >= 4 is 23.6 Å². The molecule has 0 atom stereocenters. The lowest BCUT2D eigenvalue weighted by molar-refractivity contribution is -0.136. The van der Waals surface area contributed by atoms with Gasteiger partial charge in [0.15, 0.2) is 0 Å². The molecule has 0 radical (unpaired) electrons. The Morgan fingerprint density at radius 1 is 0.481 bits per heavy atom. The summed E-state index contributed by atoms with van der Waals surface area (Å²) in [4.78, 5) is 60.1.